The minimum atomic E-state index is -3.59. The molecular formula is C9H10N4O4S. The van der Waals surface area contributed by atoms with Gasteiger partial charge in [0.15, 0.2) is 0 Å². The zero-order valence-electron chi connectivity index (χ0n) is 9.16. The highest BCUT2D eigenvalue weighted by Crippen LogP contribution is 2.21. The number of nitro benzene ring substituents is 1. The van der Waals surface area contributed by atoms with Crippen LogP contribution in [0.5, 0.6) is 0 Å². The highest BCUT2D eigenvalue weighted by atomic mass is 32.2. The van der Waals surface area contributed by atoms with E-state index in [0.717, 1.165) is 6.07 Å². The molecule has 18 heavy (non-hydrogen) atoms. The van der Waals surface area contributed by atoms with E-state index >= 15 is 0 Å². The number of hydrogen-bond donors (Lipinski definition) is 2. The van der Waals surface area contributed by atoms with Gasteiger partial charge in [-0.25, -0.2) is 13.6 Å². The van der Waals surface area contributed by atoms with Crippen LogP contribution in [0.1, 0.15) is 5.56 Å². The maximum Gasteiger partial charge on any atom is 0.270 e. The molecule has 0 saturated heterocycles. The number of hydrogen-bond acceptors (Lipinski definition) is 6. The van der Waals surface area contributed by atoms with Gasteiger partial charge in [-0.1, -0.05) is 0 Å². The second-order valence-electron chi connectivity index (χ2n) is 3.39. The van der Waals surface area contributed by atoms with Crippen LogP contribution in [-0.4, -0.2) is 25.6 Å². The smallest absolute Gasteiger partial charge is 0.270 e. The summed E-state index contributed by atoms with van der Waals surface area (Å²) >= 11 is 0. The molecule has 1 rings (SSSR count). The average Bonchev–Trinajstić information content (AvgIpc) is 2.27. The lowest BCUT2D eigenvalue weighted by Gasteiger charge is -2.06. The van der Waals surface area contributed by atoms with Crippen molar-refractivity contribution in [2.75, 3.05) is 17.6 Å². The molecule has 1 aromatic rings. The van der Waals surface area contributed by atoms with Crippen LogP contribution >= 0.6 is 0 Å². The van der Waals surface area contributed by atoms with E-state index in [-0.39, 0.29) is 23.5 Å². The highest BCUT2D eigenvalue weighted by Gasteiger charge is 2.11. The van der Waals surface area contributed by atoms with Crippen LogP contribution in [0, 0.1) is 21.4 Å². The summed E-state index contributed by atoms with van der Waals surface area (Å²) in [5, 5.41) is 26.8. The fraction of sp³-hybridized carbons (Fsp3) is 0.222. The van der Waals surface area contributed by atoms with Gasteiger partial charge in [-0.05, 0) is 6.07 Å². The second kappa shape index (κ2) is 5.44. The molecule has 0 spiro atoms. The summed E-state index contributed by atoms with van der Waals surface area (Å²) in [5.74, 6) is -0.297. The number of benzene rings is 1. The van der Waals surface area contributed by atoms with Gasteiger partial charge in [-0.3, -0.25) is 10.1 Å². The van der Waals surface area contributed by atoms with Gasteiger partial charge >= 0.3 is 0 Å². The Balaban J connectivity index is 2.84. The van der Waals surface area contributed by atoms with Crippen molar-refractivity contribution >= 4 is 21.4 Å². The SMILES string of the molecule is N#Cc1cc([N+](=O)[O-])ccc1NCCS(N)(=O)=O. The number of nitrogens with one attached hydrogen (secondary N) is 1. The monoisotopic (exact) mass is 270 g/mol. The Morgan fingerprint density at radius 1 is 1.50 bits per heavy atom. The molecule has 96 valence electrons. The highest BCUT2D eigenvalue weighted by molar-refractivity contribution is 7.89. The predicted molar refractivity (Wildman–Crippen MR) is 64.3 cm³/mol. The maximum atomic E-state index is 10.7. The Morgan fingerprint density at radius 3 is 2.67 bits per heavy atom. The first kappa shape index (κ1) is 13.9. The van der Waals surface area contributed by atoms with E-state index < -0.39 is 14.9 Å². The number of rotatable bonds is 5. The van der Waals surface area contributed by atoms with Crippen molar-refractivity contribution in [2.45, 2.75) is 0 Å². The van der Waals surface area contributed by atoms with Gasteiger partial charge in [0.2, 0.25) is 10.0 Å². The first-order valence-electron chi connectivity index (χ1n) is 4.76. The molecule has 3 N–H and O–H groups in total. The van der Waals surface area contributed by atoms with Crippen LogP contribution in [0.3, 0.4) is 0 Å². The lowest BCUT2D eigenvalue weighted by Crippen LogP contribution is -2.22. The predicted octanol–water partition coefficient (Wildman–Crippen LogP) is 0.167. The molecule has 0 radical (unpaired) electrons. The minimum Gasteiger partial charge on any atom is -0.383 e. The van der Waals surface area contributed by atoms with Gasteiger partial charge in [0.05, 0.1) is 21.9 Å². The van der Waals surface area contributed by atoms with Crippen molar-refractivity contribution in [3.8, 4) is 6.07 Å². The number of nitrogens with two attached hydrogens (primary N) is 1. The normalized spacial score (nSPS) is 10.7. The van der Waals surface area contributed by atoms with E-state index in [1.807, 2.05) is 0 Å². The molecule has 0 unspecified atom stereocenters. The van der Waals surface area contributed by atoms with Crippen molar-refractivity contribution in [2.24, 2.45) is 5.14 Å². The number of sulfonamides is 1. The standard InChI is InChI=1S/C9H10N4O4S/c10-6-7-5-8(13(14)15)1-2-9(7)12-3-4-18(11,16)17/h1-2,5,12H,3-4H2,(H2,11,16,17). The summed E-state index contributed by atoms with van der Waals surface area (Å²) in [6.07, 6.45) is 0. The summed E-state index contributed by atoms with van der Waals surface area (Å²) in [7, 11) is -3.59. The van der Waals surface area contributed by atoms with E-state index in [1.165, 1.54) is 12.1 Å². The largest absolute Gasteiger partial charge is 0.383 e. The van der Waals surface area contributed by atoms with Crippen LogP contribution in [-0.2, 0) is 10.0 Å². The molecule has 0 aliphatic carbocycles. The third-order valence-corrected chi connectivity index (χ3v) is 2.81. The maximum absolute atomic E-state index is 10.7. The Kier molecular flexibility index (Phi) is 4.19. The third-order valence-electron chi connectivity index (χ3n) is 2.04. The topological polar surface area (TPSA) is 139 Å². The molecule has 0 aliphatic rings. The Hall–Kier alpha value is -2.18. The van der Waals surface area contributed by atoms with Gasteiger partial charge in [0.25, 0.3) is 5.69 Å². The van der Waals surface area contributed by atoms with Crippen molar-refractivity contribution in [1.82, 2.24) is 0 Å². The Morgan fingerprint density at radius 2 is 2.17 bits per heavy atom. The molecule has 8 nitrogen and oxygen atoms in total. The lowest BCUT2D eigenvalue weighted by atomic mass is 10.1. The molecule has 1 aromatic carbocycles. The third kappa shape index (κ3) is 4.00. The number of nitro groups is 1. The van der Waals surface area contributed by atoms with Crippen molar-refractivity contribution in [3.63, 3.8) is 0 Å². The fourth-order valence-corrected chi connectivity index (χ4v) is 1.61. The fourth-order valence-electron chi connectivity index (χ4n) is 1.22. The van der Waals surface area contributed by atoms with E-state index in [1.54, 1.807) is 6.07 Å². The number of nitriles is 1. The molecule has 0 amide bonds. The lowest BCUT2D eigenvalue weighted by molar-refractivity contribution is -0.384. The molecular weight excluding hydrogens is 260 g/mol. The summed E-state index contributed by atoms with van der Waals surface area (Å²) in [6, 6.07) is 5.47. The summed E-state index contributed by atoms with van der Waals surface area (Å²) in [6.45, 7) is 0.0192. The van der Waals surface area contributed by atoms with E-state index in [4.69, 9.17) is 10.4 Å². The molecule has 0 aromatic heterocycles. The van der Waals surface area contributed by atoms with Crippen LogP contribution in [0.25, 0.3) is 0 Å². The van der Waals surface area contributed by atoms with Gasteiger partial charge in [-0.2, -0.15) is 5.26 Å². The average molecular weight is 270 g/mol. The Bertz CT molecular complexity index is 605. The minimum absolute atomic E-state index is 0.0192. The van der Waals surface area contributed by atoms with Gasteiger partial charge in [0, 0.05) is 18.7 Å². The van der Waals surface area contributed by atoms with Crippen LogP contribution in [0.4, 0.5) is 11.4 Å². The van der Waals surface area contributed by atoms with Crippen LogP contribution in [0.2, 0.25) is 0 Å². The van der Waals surface area contributed by atoms with Crippen molar-refractivity contribution in [3.05, 3.63) is 33.9 Å². The number of nitrogens with zero attached hydrogens (tertiary/aromatic N) is 2. The van der Waals surface area contributed by atoms with E-state index in [0.29, 0.717) is 5.69 Å². The molecule has 0 heterocycles. The van der Waals surface area contributed by atoms with Crippen molar-refractivity contribution < 1.29 is 13.3 Å². The van der Waals surface area contributed by atoms with Gasteiger partial charge in [-0.15, -0.1) is 0 Å². The van der Waals surface area contributed by atoms with Gasteiger partial charge < -0.3 is 5.32 Å². The van der Waals surface area contributed by atoms with Crippen LogP contribution < -0.4 is 10.5 Å². The Labute approximate surface area is 103 Å². The van der Waals surface area contributed by atoms with Crippen molar-refractivity contribution in [1.29, 1.82) is 5.26 Å². The van der Waals surface area contributed by atoms with E-state index in [2.05, 4.69) is 5.32 Å². The summed E-state index contributed by atoms with van der Waals surface area (Å²) in [4.78, 5) is 9.89. The molecule has 0 fully saturated rings. The first-order chi connectivity index (χ1) is 8.33. The zero-order valence-corrected chi connectivity index (χ0v) is 9.98. The second-order valence-corrected chi connectivity index (χ2v) is 5.13. The summed E-state index contributed by atoms with van der Waals surface area (Å²) in [5.41, 5.74) is 0.189. The van der Waals surface area contributed by atoms with Gasteiger partial charge in [0.1, 0.15) is 6.07 Å². The quantitative estimate of drug-likeness (QED) is 0.577. The molecule has 9 heteroatoms. The first-order valence-corrected chi connectivity index (χ1v) is 6.48. The summed E-state index contributed by atoms with van der Waals surface area (Å²) < 4.78 is 21.4. The molecule has 0 aliphatic heterocycles. The molecule has 0 saturated carbocycles. The number of primary sulfonamides is 1. The molecule has 0 atom stereocenters. The number of non-ortho nitro benzene ring substituents is 1. The number of anilines is 1. The zero-order chi connectivity index (χ0) is 13.8. The molecule has 0 bridgehead atoms. The van der Waals surface area contributed by atoms with E-state index in [9.17, 15) is 18.5 Å². The van der Waals surface area contributed by atoms with Crippen LogP contribution in [0.15, 0.2) is 18.2 Å².